The molecule has 0 saturated heterocycles. The maximum atomic E-state index is 12.4. The van der Waals surface area contributed by atoms with E-state index >= 15 is 0 Å². The molecule has 134 valence electrons. The molecule has 0 aromatic heterocycles. The van der Waals surface area contributed by atoms with Crippen molar-refractivity contribution < 1.29 is 19.5 Å². The molecule has 1 fully saturated rings. The number of carbonyl (C=O) groups excluding carboxylic acids is 2. The highest BCUT2D eigenvalue weighted by atomic mass is 16.4. The van der Waals surface area contributed by atoms with Gasteiger partial charge in [0.1, 0.15) is 0 Å². The van der Waals surface area contributed by atoms with E-state index in [1.807, 2.05) is 42.5 Å². The summed E-state index contributed by atoms with van der Waals surface area (Å²) in [6, 6.07) is 17.1. The van der Waals surface area contributed by atoms with E-state index in [9.17, 15) is 19.5 Å². The number of hydrogen-bond donors (Lipinski definition) is 2. The standard InChI is InChI=1S/C21H21NO4/c23-19(12-17(21(25)26)13-20(24)22-18-10-11-18)16-8-6-15(7-9-16)14-4-2-1-3-5-14/h1-9,17-18H,10-13H2,(H,22,24)(H,25,26). The second kappa shape index (κ2) is 7.95. The van der Waals surface area contributed by atoms with Crippen molar-refractivity contribution in [3.63, 3.8) is 0 Å². The lowest BCUT2D eigenvalue weighted by Crippen LogP contribution is -2.30. The first-order chi connectivity index (χ1) is 12.5. The number of aliphatic carboxylic acids is 1. The number of Topliss-reactive ketones (excluding diaryl/α,β-unsaturated/α-hetero) is 1. The summed E-state index contributed by atoms with van der Waals surface area (Å²) in [6.45, 7) is 0. The fourth-order valence-corrected chi connectivity index (χ4v) is 2.81. The summed E-state index contributed by atoms with van der Waals surface area (Å²) in [6.07, 6.45) is 1.53. The molecule has 0 heterocycles. The fourth-order valence-electron chi connectivity index (χ4n) is 2.81. The van der Waals surface area contributed by atoms with Crippen molar-refractivity contribution in [2.45, 2.75) is 31.7 Å². The zero-order valence-corrected chi connectivity index (χ0v) is 14.4. The number of carboxylic acids is 1. The van der Waals surface area contributed by atoms with Crippen LogP contribution in [0.15, 0.2) is 54.6 Å². The number of ketones is 1. The monoisotopic (exact) mass is 351 g/mol. The first-order valence-corrected chi connectivity index (χ1v) is 8.74. The Morgan fingerprint density at radius 1 is 0.923 bits per heavy atom. The third-order valence-corrected chi connectivity index (χ3v) is 4.47. The van der Waals surface area contributed by atoms with Gasteiger partial charge in [-0.05, 0) is 24.0 Å². The van der Waals surface area contributed by atoms with E-state index in [-0.39, 0.29) is 30.6 Å². The average Bonchev–Trinajstić information content (AvgIpc) is 3.45. The molecule has 2 aromatic rings. The molecule has 0 radical (unpaired) electrons. The molecule has 3 rings (SSSR count). The Morgan fingerprint density at radius 3 is 2.12 bits per heavy atom. The summed E-state index contributed by atoms with van der Waals surface area (Å²) >= 11 is 0. The second-order valence-corrected chi connectivity index (χ2v) is 6.65. The Labute approximate surface area is 152 Å². The SMILES string of the molecule is O=C(CC(CC(=O)c1ccc(-c2ccccc2)cc1)C(=O)O)NC1CC1. The molecular weight excluding hydrogens is 330 g/mol. The van der Waals surface area contributed by atoms with Crippen LogP contribution in [0.4, 0.5) is 0 Å². The molecule has 5 nitrogen and oxygen atoms in total. The molecule has 2 aromatic carbocycles. The first kappa shape index (κ1) is 17.9. The lowest BCUT2D eigenvalue weighted by Gasteiger charge is -2.12. The van der Waals surface area contributed by atoms with Crippen LogP contribution in [0.5, 0.6) is 0 Å². The molecule has 0 spiro atoms. The average molecular weight is 351 g/mol. The molecule has 0 aliphatic heterocycles. The molecule has 2 N–H and O–H groups in total. The van der Waals surface area contributed by atoms with Crippen molar-refractivity contribution in [3.8, 4) is 11.1 Å². The van der Waals surface area contributed by atoms with Crippen molar-refractivity contribution in [3.05, 3.63) is 60.2 Å². The number of hydrogen-bond acceptors (Lipinski definition) is 3. The Balaban J connectivity index is 1.63. The van der Waals surface area contributed by atoms with Crippen LogP contribution in [0, 0.1) is 5.92 Å². The number of carbonyl (C=O) groups is 3. The number of rotatable bonds is 8. The number of benzene rings is 2. The Hall–Kier alpha value is -2.95. The molecule has 5 heteroatoms. The van der Waals surface area contributed by atoms with Gasteiger partial charge in [-0.2, -0.15) is 0 Å². The number of carboxylic acid groups (broad SMARTS) is 1. The van der Waals surface area contributed by atoms with Crippen molar-refractivity contribution in [1.82, 2.24) is 5.32 Å². The Kier molecular flexibility index (Phi) is 5.46. The minimum atomic E-state index is -1.12. The quantitative estimate of drug-likeness (QED) is 0.715. The van der Waals surface area contributed by atoms with Crippen molar-refractivity contribution >= 4 is 17.7 Å². The van der Waals surface area contributed by atoms with E-state index in [0.717, 1.165) is 24.0 Å². The lowest BCUT2D eigenvalue weighted by atomic mass is 9.94. The Morgan fingerprint density at radius 2 is 1.54 bits per heavy atom. The van der Waals surface area contributed by atoms with Crippen LogP contribution < -0.4 is 5.32 Å². The third-order valence-electron chi connectivity index (χ3n) is 4.47. The molecule has 1 atom stereocenters. The van der Waals surface area contributed by atoms with Gasteiger partial charge >= 0.3 is 5.97 Å². The van der Waals surface area contributed by atoms with Gasteiger partial charge in [-0.25, -0.2) is 0 Å². The predicted octanol–water partition coefficient (Wildman–Crippen LogP) is 3.30. The van der Waals surface area contributed by atoms with Gasteiger partial charge in [-0.15, -0.1) is 0 Å². The van der Waals surface area contributed by atoms with Crippen LogP contribution in [0.3, 0.4) is 0 Å². The predicted molar refractivity (Wildman–Crippen MR) is 97.7 cm³/mol. The topological polar surface area (TPSA) is 83.5 Å². The first-order valence-electron chi connectivity index (χ1n) is 8.74. The van der Waals surface area contributed by atoms with Gasteiger partial charge in [0.25, 0.3) is 0 Å². The molecule has 1 saturated carbocycles. The minimum absolute atomic E-state index is 0.167. The number of nitrogens with one attached hydrogen (secondary N) is 1. The van der Waals surface area contributed by atoms with Gasteiger partial charge in [0, 0.05) is 24.4 Å². The van der Waals surface area contributed by atoms with Gasteiger partial charge in [-0.1, -0.05) is 54.6 Å². The van der Waals surface area contributed by atoms with E-state index in [4.69, 9.17) is 0 Å². The van der Waals surface area contributed by atoms with Gasteiger partial charge in [0.05, 0.1) is 5.92 Å². The van der Waals surface area contributed by atoms with E-state index in [1.54, 1.807) is 12.1 Å². The Bertz CT molecular complexity index is 795. The maximum absolute atomic E-state index is 12.4. The van der Waals surface area contributed by atoms with E-state index in [2.05, 4.69) is 5.32 Å². The molecule has 26 heavy (non-hydrogen) atoms. The van der Waals surface area contributed by atoms with Crippen LogP contribution in [-0.2, 0) is 9.59 Å². The van der Waals surface area contributed by atoms with E-state index < -0.39 is 11.9 Å². The van der Waals surface area contributed by atoms with Crippen molar-refractivity contribution in [2.24, 2.45) is 5.92 Å². The van der Waals surface area contributed by atoms with Gasteiger partial charge < -0.3 is 10.4 Å². The van der Waals surface area contributed by atoms with Gasteiger partial charge in [-0.3, -0.25) is 14.4 Å². The highest BCUT2D eigenvalue weighted by Gasteiger charge is 2.28. The summed E-state index contributed by atoms with van der Waals surface area (Å²) < 4.78 is 0. The number of amides is 1. The highest BCUT2D eigenvalue weighted by molar-refractivity contribution is 5.99. The van der Waals surface area contributed by atoms with E-state index in [0.29, 0.717) is 5.56 Å². The maximum Gasteiger partial charge on any atom is 0.307 e. The van der Waals surface area contributed by atoms with Crippen LogP contribution in [0.2, 0.25) is 0 Å². The molecule has 1 amide bonds. The van der Waals surface area contributed by atoms with Crippen LogP contribution in [0.1, 0.15) is 36.0 Å². The normalized spacial score (nSPS) is 14.5. The van der Waals surface area contributed by atoms with Crippen LogP contribution in [0.25, 0.3) is 11.1 Å². The molecule has 1 aliphatic rings. The van der Waals surface area contributed by atoms with E-state index in [1.165, 1.54) is 0 Å². The van der Waals surface area contributed by atoms with Gasteiger partial charge in [0.15, 0.2) is 5.78 Å². The molecule has 0 bridgehead atoms. The third kappa shape index (κ3) is 4.79. The van der Waals surface area contributed by atoms with Crippen LogP contribution in [-0.4, -0.2) is 28.8 Å². The van der Waals surface area contributed by atoms with Crippen molar-refractivity contribution in [2.75, 3.05) is 0 Å². The molecule has 1 aliphatic carbocycles. The second-order valence-electron chi connectivity index (χ2n) is 6.65. The lowest BCUT2D eigenvalue weighted by molar-refractivity contribution is -0.144. The summed E-state index contributed by atoms with van der Waals surface area (Å²) in [5.41, 5.74) is 2.49. The molecular formula is C21H21NO4. The summed E-state index contributed by atoms with van der Waals surface area (Å²) in [5.74, 6) is -2.69. The van der Waals surface area contributed by atoms with Crippen LogP contribution >= 0.6 is 0 Å². The van der Waals surface area contributed by atoms with Gasteiger partial charge in [0.2, 0.25) is 5.91 Å². The minimum Gasteiger partial charge on any atom is -0.481 e. The summed E-state index contributed by atoms with van der Waals surface area (Å²) in [5, 5.41) is 12.1. The summed E-state index contributed by atoms with van der Waals surface area (Å²) in [4.78, 5) is 35.7. The highest BCUT2D eigenvalue weighted by Crippen LogP contribution is 2.22. The molecule has 1 unspecified atom stereocenters. The zero-order valence-electron chi connectivity index (χ0n) is 14.4. The largest absolute Gasteiger partial charge is 0.481 e. The van der Waals surface area contributed by atoms with Crippen molar-refractivity contribution in [1.29, 1.82) is 0 Å². The summed E-state index contributed by atoms with van der Waals surface area (Å²) in [7, 11) is 0. The zero-order chi connectivity index (χ0) is 18.5. The fraction of sp³-hybridized carbons (Fsp3) is 0.286. The smallest absolute Gasteiger partial charge is 0.307 e.